The molecular formula is C16H25NO. The van der Waals surface area contributed by atoms with Gasteiger partial charge in [-0.25, -0.2) is 0 Å². The van der Waals surface area contributed by atoms with Gasteiger partial charge in [-0.1, -0.05) is 30.3 Å². The zero-order valence-electron chi connectivity index (χ0n) is 11.2. The van der Waals surface area contributed by atoms with E-state index in [1.165, 1.54) is 44.2 Å². The third-order valence-corrected chi connectivity index (χ3v) is 3.69. The minimum absolute atomic E-state index is 0.841. The number of unbranched alkanes of at least 4 members (excludes halogenated alkanes) is 1. The highest BCUT2D eigenvalue weighted by atomic mass is 16.5. The summed E-state index contributed by atoms with van der Waals surface area (Å²) in [6, 6.07) is 10.8. The predicted molar refractivity (Wildman–Crippen MR) is 75.8 cm³/mol. The molecular weight excluding hydrogens is 222 g/mol. The zero-order chi connectivity index (χ0) is 12.5. The molecule has 0 atom stereocenters. The first kappa shape index (κ1) is 13.6. The first-order chi connectivity index (χ1) is 8.95. The molecule has 0 spiro atoms. The molecule has 1 heterocycles. The van der Waals surface area contributed by atoms with E-state index in [2.05, 4.69) is 35.6 Å². The van der Waals surface area contributed by atoms with E-state index in [0.717, 1.165) is 25.7 Å². The normalized spacial score (nSPS) is 16.9. The SMILES string of the molecule is c1ccc(CCCCNCC2CCOCC2)cc1. The van der Waals surface area contributed by atoms with E-state index in [1.807, 2.05) is 0 Å². The maximum atomic E-state index is 5.37. The second-order valence-electron chi connectivity index (χ2n) is 5.20. The average molecular weight is 247 g/mol. The molecule has 1 saturated heterocycles. The molecule has 0 radical (unpaired) electrons. The van der Waals surface area contributed by atoms with Gasteiger partial charge >= 0.3 is 0 Å². The Balaban J connectivity index is 1.46. The molecule has 1 N–H and O–H groups in total. The van der Waals surface area contributed by atoms with Crippen molar-refractivity contribution in [3.05, 3.63) is 35.9 Å². The molecule has 0 unspecified atom stereocenters. The molecule has 0 amide bonds. The summed E-state index contributed by atoms with van der Waals surface area (Å²) >= 11 is 0. The summed E-state index contributed by atoms with van der Waals surface area (Å²) in [5, 5.41) is 3.59. The number of hydrogen-bond acceptors (Lipinski definition) is 2. The van der Waals surface area contributed by atoms with Crippen molar-refractivity contribution in [2.45, 2.75) is 32.1 Å². The molecule has 2 nitrogen and oxygen atoms in total. The van der Waals surface area contributed by atoms with E-state index in [-0.39, 0.29) is 0 Å². The lowest BCUT2D eigenvalue weighted by molar-refractivity contribution is 0.0663. The van der Waals surface area contributed by atoms with Gasteiger partial charge in [-0.15, -0.1) is 0 Å². The summed E-state index contributed by atoms with van der Waals surface area (Å²) in [5.74, 6) is 0.841. The van der Waals surface area contributed by atoms with Gasteiger partial charge in [0.05, 0.1) is 0 Å². The molecule has 1 aromatic carbocycles. The van der Waals surface area contributed by atoms with Crippen molar-refractivity contribution in [3.63, 3.8) is 0 Å². The van der Waals surface area contributed by atoms with Crippen LogP contribution in [0.4, 0.5) is 0 Å². The van der Waals surface area contributed by atoms with Gasteiger partial charge < -0.3 is 10.1 Å². The molecule has 100 valence electrons. The Bertz CT molecular complexity index is 306. The van der Waals surface area contributed by atoms with Crippen molar-refractivity contribution in [2.75, 3.05) is 26.3 Å². The highest BCUT2D eigenvalue weighted by molar-refractivity contribution is 5.14. The average Bonchev–Trinajstić information content (AvgIpc) is 2.45. The van der Waals surface area contributed by atoms with Crippen molar-refractivity contribution in [3.8, 4) is 0 Å². The fourth-order valence-corrected chi connectivity index (χ4v) is 2.48. The van der Waals surface area contributed by atoms with Crippen LogP contribution >= 0.6 is 0 Å². The maximum Gasteiger partial charge on any atom is 0.0469 e. The number of hydrogen-bond donors (Lipinski definition) is 1. The van der Waals surface area contributed by atoms with E-state index in [1.54, 1.807) is 0 Å². The van der Waals surface area contributed by atoms with Crippen LogP contribution in [0.1, 0.15) is 31.2 Å². The van der Waals surface area contributed by atoms with Crippen molar-refractivity contribution >= 4 is 0 Å². The number of ether oxygens (including phenoxy) is 1. The molecule has 2 rings (SSSR count). The van der Waals surface area contributed by atoms with Crippen molar-refractivity contribution < 1.29 is 4.74 Å². The Morgan fingerprint density at radius 2 is 1.83 bits per heavy atom. The van der Waals surface area contributed by atoms with Crippen LogP contribution in [0.5, 0.6) is 0 Å². The number of benzene rings is 1. The van der Waals surface area contributed by atoms with Crippen LogP contribution in [0.25, 0.3) is 0 Å². The lowest BCUT2D eigenvalue weighted by Gasteiger charge is -2.22. The highest BCUT2D eigenvalue weighted by Gasteiger charge is 2.12. The number of rotatable bonds is 7. The third-order valence-electron chi connectivity index (χ3n) is 3.69. The van der Waals surface area contributed by atoms with Gasteiger partial charge in [-0.2, -0.15) is 0 Å². The standard InChI is InChI=1S/C16H25NO/c1-2-6-15(7-3-1)8-4-5-11-17-14-16-9-12-18-13-10-16/h1-3,6-7,16-17H,4-5,8-14H2. The Labute approximate surface area is 111 Å². The number of nitrogens with one attached hydrogen (secondary N) is 1. The summed E-state index contributed by atoms with van der Waals surface area (Å²) in [5.41, 5.74) is 1.46. The van der Waals surface area contributed by atoms with Crippen molar-refractivity contribution in [1.82, 2.24) is 5.32 Å². The molecule has 18 heavy (non-hydrogen) atoms. The molecule has 0 aromatic heterocycles. The van der Waals surface area contributed by atoms with Crippen LogP contribution in [0.2, 0.25) is 0 Å². The zero-order valence-corrected chi connectivity index (χ0v) is 11.2. The molecule has 1 fully saturated rings. The Morgan fingerprint density at radius 1 is 1.06 bits per heavy atom. The summed E-state index contributed by atoms with van der Waals surface area (Å²) in [4.78, 5) is 0. The lowest BCUT2D eigenvalue weighted by atomic mass is 10.0. The van der Waals surface area contributed by atoms with Gasteiger partial charge in [0, 0.05) is 13.2 Å². The van der Waals surface area contributed by atoms with E-state index < -0.39 is 0 Å². The van der Waals surface area contributed by atoms with E-state index in [4.69, 9.17) is 4.74 Å². The summed E-state index contributed by atoms with van der Waals surface area (Å²) in [7, 11) is 0. The van der Waals surface area contributed by atoms with Gasteiger partial charge in [-0.3, -0.25) is 0 Å². The van der Waals surface area contributed by atoms with Crippen LogP contribution in [0.3, 0.4) is 0 Å². The van der Waals surface area contributed by atoms with Crippen molar-refractivity contribution in [1.29, 1.82) is 0 Å². The summed E-state index contributed by atoms with van der Waals surface area (Å²) in [6.07, 6.45) is 6.23. The first-order valence-corrected chi connectivity index (χ1v) is 7.27. The molecule has 1 aliphatic heterocycles. The lowest BCUT2D eigenvalue weighted by Crippen LogP contribution is -2.28. The predicted octanol–water partition coefficient (Wildman–Crippen LogP) is 3.03. The van der Waals surface area contributed by atoms with E-state index in [0.29, 0.717) is 0 Å². The fraction of sp³-hybridized carbons (Fsp3) is 0.625. The van der Waals surface area contributed by atoms with E-state index >= 15 is 0 Å². The number of aryl methyl sites for hydroxylation is 1. The molecule has 0 saturated carbocycles. The Morgan fingerprint density at radius 3 is 2.61 bits per heavy atom. The topological polar surface area (TPSA) is 21.3 Å². The van der Waals surface area contributed by atoms with Crippen LogP contribution in [0, 0.1) is 5.92 Å². The molecule has 1 aromatic rings. The van der Waals surface area contributed by atoms with Gasteiger partial charge in [-0.05, 0) is 56.7 Å². The monoisotopic (exact) mass is 247 g/mol. The van der Waals surface area contributed by atoms with Gasteiger partial charge in [0.15, 0.2) is 0 Å². The largest absolute Gasteiger partial charge is 0.381 e. The summed E-state index contributed by atoms with van der Waals surface area (Å²) < 4.78 is 5.37. The second-order valence-corrected chi connectivity index (χ2v) is 5.20. The van der Waals surface area contributed by atoms with E-state index in [9.17, 15) is 0 Å². The fourth-order valence-electron chi connectivity index (χ4n) is 2.48. The third kappa shape index (κ3) is 5.19. The minimum atomic E-state index is 0.841. The molecule has 1 aliphatic rings. The van der Waals surface area contributed by atoms with Gasteiger partial charge in [0.2, 0.25) is 0 Å². The minimum Gasteiger partial charge on any atom is -0.381 e. The smallest absolute Gasteiger partial charge is 0.0469 e. The quantitative estimate of drug-likeness (QED) is 0.748. The first-order valence-electron chi connectivity index (χ1n) is 7.27. The second kappa shape index (κ2) is 8.28. The van der Waals surface area contributed by atoms with Crippen molar-refractivity contribution in [2.24, 2.45) is 5.92 Å². The van der Waals surface area contributed by atoms with Crippen LogP contribution in [0.15, 0.2) is 30.3 Å². The maximum absolute atomic E-state index is 5.37. The Kier molecular flexibility index (Phi) is 6.24. The highest BCUT2D eigenvalue weighted by Crippen LogP contribution is 2.13. The Hall–Kier alpha value is -0.860. The molecule has 0 bridgehead atoms. The van der Waals surface area contributed by atoms with Crippen LogP contribution in [-0.4, -0.2) is 26.3 Å². The van der Waals surface area contributed by atoms with Crippen LogP contribution in [-0.2, 0) is 11.2 Å². The molecule has 0 aliphatic carbocycles. The molecule has 2 heteroatoms. The van der Waals surface area contributed by atoms with Crippen LogP contribution < -0.4 is 5.32 Å². The van der Waals surface area contributed by atoms with Gasteiger partial charge in [0.1, 0.15) is 0 Å². The summed E-state index contributed by atoms with van der Waals surface area (Å²) in [6.45, 7) is 4.25. The van der Waals surface area contributed by atoms with Gasteiger partial charge in [0.25, 0.3) is 0 Å².